The lowest BCUT2D eigenvalue weighted by molar-refractivity contribution is -0.149. The first-order chi connectivity index (χ1) is 9.10. The van der Waals surface area contributed by atoms with E-state index in [1.54, 1.807) is 0 Å². The number of hydrogen-bond donors (Lipinski definition) is 0. The van der Waals surface area contributed by atoms with Crippen LogP contribution in [0.15, 0.2) is 11.6 Å². The molecule has 0 aromatic carbocycles. The monoisotopic (exact) mass is 264 g/mol. The fraction of sp³-hybridized carbons (Fsp3) is 0.812. The molecule has 4 fully saturated rings. The Morgan fingerprint density at radius 1 is 1.16 bits per heavy atom. The molecular weight excluding hydrogens is 240 g/mol. The van der Waals surface area contributed by atoms with Gasteiger partial charge in [0.15, 0.2) is 6.79 Å². The molecule has 4 saturated carbocycles. The Labute approximate surface area is 115 Å². The third-order valence-corrected chi connectivity index (χ3v) is 5.24. The maximum absolute atomic E-state index is 11.9. The standard InChI is InChI=1S/C16H24O3/c1-11(15(17)19-10-18-2)6-16-7-12-3-13(8-16)5-14(4-12)9-16/h6,12-14H,3-5,7-10H2,1-2H3/b11-6+. The van der Waals surface area contributed by atoms with E-state index in [0.717, 1.165) is 23.3 Å². The van der Waals surface area contributed by atoms with Crippen molar-refractivity contribution in [1.82, 2.24) is 0 Å². The fourth-order valence-electron chi connectivity index (χ4n) is 5.10. The molecule has 4 rings (SSSR count). The van der Waals surface area contributed by atoms with Gasteiger partial charge in [-0.05, 0) is 68.6 Å². The first-order valence-corrected chi connectivity index (χ1v) is 7.46. The van der Waals surface area contributed by atoms with Gasteiger partial charge in [-0.3, -0.25) is 0 Å². The van der Waals surface area contributed by atoms with Gasteiger partial charge in [0.2, 0.25) is 0 Å². The molecule has 0 atom stereocenters. The molecule has 106 valence electrons. The van der Waals surface area contributed by atoms with Gasteiger partial charge in [-0.1, -0.05) is 6.08 Å². The second-order valence-electron chi connectivity index (χ2n) is 6.95. The largest absolute Gasteiger partial charge is 0.435 e. The summed E-state index contributed by atoms with van der Waals surface area (Å²) < 4.78 is 9.82. The lowest BCUT2D eigenvalue weighted by atomic mass is 9.49. The van der Waals surface area contributed by atoms with Crippen molar-refractivity contribution in [3.8, 4) is 0 Å². The van der Waals surface area contributed by atoms with Crippen LogP contribution in [0.25, 0.3) is 0 Å². The quantitative estimate of drug-likeness (QED) is 0.444. The van der Waals surface area contributed by atoms with Crippen LogP contribution in [-0.4, -0.2) is 19.9 Å². The van der Waals surface area contributed by atoms with Gasteiger partial charge >= 0.3 is 5.97 Å². The molecule has 0 radical (unpaired) electrons. The van der Waals surface area contributed by atoms with E-state index in [1.807, 2.05) is 6.92 Å². The predicted molar refractivity (Wildman–Crippen MR) is 72.3 cm³/mol. The van der Waals surface area contributed by atoms with E-state index in [4.69, 9.17) is 9.47 Å². The molecule has 19 heavy (non-hydrogen) atoms. The summed E-state index contributed by atoms with van der Waals surface area (Å²) in [5.41, 5.74) is 1.06. The summed E-state index contributed by atoms with van der Waals surface area (Å²) in [4.78, 5) is 11.9. The number of carbonyl (C=O) groups excluding carboxylic acids is 1. The van der Waals surface area contributed by atoms with Crippen molar-refractivity contribution in [2.75, 3.05) is 13.9 Å². The molecule has 0 spiro atoms. The van der Waals surface area contributed by atoms with Gasteiger partial charge in [0, 0.05) is 12.7 Å². The highest BCUT2D eigenvalue weighted by Gasteiger charge is 2.49. The SMILES string of the molecule is COCOC(=O)/C(C)=C/C12CC3CC(CC(C3)C1)C2. The average Bonchev–Trinajstić information content (AvgIpc) is 2.33. The molecular formula is C16H24O3. The van der Waals surface area contributed by atoms with Gasteiger partial charge in [0.05, 0.1) is 0 Å². The van der Waals surface area contributed by atoms with E-state index >= 15 is 0 Å². The van der Waals surface area contributed by atoms with Crippen molar-refractivity contribution in [2.24, 2.45) is 23.2 Å². The second kappa shape index (κ2) is 4.93. The first-order valence-electron chi connectivity index (χ1n) is 7.46. The molecule has 3 heteroatoms. The van der Waals surface area contributed by atoms with Crippen molar-refractivity contribution < 1.29 is 14.3 Å². The molecule has 0 N–H and O–H groups in total. The number of ether oxygens (including phenoxy) is 2. The van der Waals surface area contributed by atoms with Gasteiger partial charge < -0.3 is 9.47 Å². The zero-order valence-corrected chi connectivity index (χ0v) is 12.0. The Balaban J connectivity index is 1.73. The smallest absolute Gasteiger partial charge is 0.335 e. The number of hydrogen-bond acceptors (Lipinski definition) is 3. The maximum Gasteiger partial charge on any atom is 0.335 e. The highest BCUT2D eigenvalue weighted by Crippen LogP contribution is 2.60. The van der Waals surface area contributed by atoms with E-state index < -0.39 is 0 Å². The van der Waals surface area contributed by atoms with Crippen molar-refractivity contribution in [3.63, 3.8) is 0 Å². The van der Waals surface area contributed by atoms with Gasteiger partial charge in [0.25, 0.3) is 0 Å². The maximum atomic E-state index is 11.9. The van der Waals surface area contributed by atoms with Crippen LogP contribution >= 0.6 is 0 Å². The topological polar surface area (TPSA) is 35.5 Å². The minimum absolute atomic E-state index is 0.0465. The van der Waals surface area contributed by atoms with E-state index in [1.165, 1.54) is 45.6 Å². The highest BCUT2D eigenvalue weighted by molar-refractivity contribution is 5.87. The van der Waals surface area contributed by atoms with Crippen LogP contribution < -0.4 is 0 Å². The Morgan fingerprint density at radius 3 is 2.16 bits per heavy atom. The molecule has 0 unspecified atom stereocenters. The first kappa shape index (κ1) is 13.2. The van der Waals surface area contributed by atoms with Gasteiger partial charge in [-0.15, -0.1) is 0 Å². The van der Waals surface area contributed by atoms with Crippen LogP contribution in [0, 0.1) is 23.2 Å². The highest BCUT2D eigenvalue weighted by atomic mass is 16.7. The Bertz CT molecular complexity index is 362. The molecule has 0 saturated heterocycles. The van der Waals surface area contributed by atoms with Gasteiger partial charge in [0.1, 0.15) is 0 Å². The summed E-state index contributed by atoms with van der Waals surface area (Å²) in [6, 6.07) is 0. The summed E-state index contributed by atoms with van der Waals surface area (Å²) in [5, 5.41) is 0. The van der Waals surface area contributed by atoms with E-state index in [-0.39, 0.29) is 12.8 Å². The molecule has 0 amide bonds. The molecule has 4 bridgehead atoms. The molecule has 3 nitrogen and oxygen atoms in total. The van der Waals surface area contributed by atoms with E-state index in [2.05, 4.69) is 6.08 Å². The molecule has 0 heterocycles. The zero-order chi connectivity index (χ0) is 13.5. The fourth-order valence-corrected chi connectivity index (χ4v) is 5.10. The molecule has 0 aromatic heterocycles. The summed E-state index contributed by atoms with van der Waals surface area (Å²) in [6.45, 7) is 1.93. The van der Waals surface area contributed by atoms with Gasteiger partial charge in [-0.2, -0.15) is 0 Å². The predicted octanol–water partition coefficient (Wildman–Crippen LogP) is 3.30. The van der Waals surface area contributed by atoms with Crippen molar-refractivity contribution in [1.29, 1.82) is 0 Å². The average molecular weight is 264 g/mol. The molecule has 4 aliphatic rings. The zero-order valence-electron chi connectivity index (χ0n) is 12.0. The van der Waals surface area contributed by atoms with E-state index in [0.29, 0.717) is 5.41 Å². The third-order valence-electron chi connectivity index (χ3n) is 5.24. The van der Waals surface area contributed by atoms with Crippen LogP contribution in [0.2, 0.25) is 0 Å². The Hall–Kier alpha value is -0.830. The van der Waals surface area contributed by atoms with Crippen LogP contribution in [0.3, 0.4) is 0 Å². The minimum Gasteiger partial charge on any atom is -0.435 e. The summed E-state index contributed by atoms with van der Waals surface area (Å²) in [5.74, 6) is 2.50. The number of esters is 1. The lowest BCUT2D eigenvalue weighted by Gasteiger charge is -2.56. The number of allylic oxidation sites excluding steroid dienone is 1. The van der Waals surface area contributed by atoms with Crippen LogP contribution in [0.5, 0.6) is 0 Å². The molecule has 0 aliphatic heterocycles. The minimum atomic E-state index is -0.224. The number of rotatable bonds is 4. The molecule has 0 aromatic rings. The summed E-state index contributed by atoms with van der Waals surface area (Å²) in [7, 11) is 1.53. The lowest BCUT2D eigenvalue weighted by Crippen LogP contribution is -2.45. The van der Waals surface area contributed by atoms with E-state index in [9.17, 15) is 4.79 Å². The third kappa shape index (κ3) is 2.58. The number of methoxy groups -OCH3 is 1. The second-order valence-corrected chi connectivity index (χ2v) is 6.95. The van der Waals surface area contributed by atoms with Crippen LogP contribution in [0.1, 0.15) is 45.4 Å². The number of carbonyl (C=O) groups is 1. The Kier molecular flexibility index (Phi) is 3.42. The Morgan fingerprint density at radius 2 is 1.68 bits per heavy atom. The van der Waals surface area contributed by atoms with Crippen LogP contribution in [0.4, 0.5) is 0 Å². The van der Waals surface area contributed by atoms with Crippen molar-refractivity contribution in [2.45, 2.75) is 45.4 Å². The van der Waals surface area contributed by atoms with Gasteiger partial charge in [-0.25, -0.2) is 4.79 Å². The van der Waals surface area contributed by atoms with Crippen molar-refractivity contribution in [3.05, 3.63) is 11.6 Å². The normalized spacial score (nSPS) is 40.5. The summed E-state index contributed by atoms with van der Waals surface area (Å²) >= 11 is 0. The molecule has 4 aliphatic carbocycles. The van der Waals surface area contributed by atoms with Crippen LogP contribution in [-0.2, 0) is 14.3 Å². The summed E-state index contributed by atoms with van der Waals surface area (Å²) in [6.07, 6.45) is 10.4. The van der Waals surface area contributed by atoms with Crippen molar-refractivity contribution >= 4 is 5.97 Å².